The van der Waals surface area contributed by atoms with E-state index < -0.39 is 40.4 Å². The van der Waals surface area contributed by atoms with Crippen LogP contribution < -0.4 is 5.32 Å². The Balaban J connectivity index is 3.09. The molecular formula is C14H16F3NO3. The number of benzene rings is 1. The van der Waals surface area contributed by atoms with Crippen LogP contribution in [-0.4, -0.2) is 24.5 Å². The highest BCUT2D eigenvalue weighted by Gasteiger charge is 2.36. The zero-order chi connectivity index (χ0) is 16.2. The zero-order valence-electron chi connectivity index (χ0n) is 11.9. The summed E-state index contributed by atoms with van der Waals surface area (Å²) >= 11 is 0. The van der Waals surface area contributed by atoms with Crippen LogP contribution in [0.25, 0.3) is 0 Å². The Morgan fingerprint density at radius 3 is 2.38 bits per heavy atom. The molecule has 0 aromatic heterocycles. The van der Waals surface area contributed by atoms with Crippen molar-refractivity contribution in [2.75, 3.05) is 7.11 Å². The van der Waals surface area contributed by atoms with E-state index in [-0.39, 0.29) is 6.42 Å². The molecule has 0 saturated heterocycles. The van der Waals surface area contributed by atoms with E-state index in [2.05, 4.69) is 10.1 Å². The van der Waals surface area contributed by atoms with Crippen molar-refractivity contribution in [2.45, 2.75) is 32.2 Å². The first-order chi connectivity index (χ1) is 9.76. The Labute approximate surface area is 120 Å². The van der Waals surface area contributed by atoms with E-state index in [1.807, 2.05) is 0 Å². The second kappa shape index (κ2) is 6.60. The highest BCUT2D eigenvalue weighted by Crippen LogP contribution is 2.19. The summed E-state index contributed by atoms with van der Waals surface area (Å²) in [5.41, 5.74) is -2.06. The predicted molar refractivity (Wildman–Crippen MR) is 69.1 cm³/mol. The molecule has 0 radical (unpaired) electrons. The number of esters is 1. The molecule has 0 heterocycles. The maximum atomic E-state index is 13.6. The summed E-state index contributed by atoms with van der Waals surface area (Å²) in [6, 6.07) is 1.45. The zero-order valence-corrected chi connectivity index (χ0v) is 11.9. The van der Waals surface area contributed by atoms with Gasteiger partial charge in [-0.15, -0.1) is 0 Å². The fourth-order valence-electron chi connectivity index (χ4n) is 1.96. The number of methoxy groups -OCH3 is 1. The van der Waals surface area contributed by atoms with E-state index >= 15 is 0 Å². The number of hydrogen-bond donors (Lipinski definition) is 1. The molecule has 1 atom stereocenters. The van der Waals surface area contributed by atoms with Crippen molar-refractivity contribution in [1.29, 1.82) is 0 Å². The molecule has 0 saturated carbocycles. The molecule has 0 fully saturated rings. The van der Waals surface area contributed by atoms with Crippen molar-refractivity contribution in [1.82, 2.24) is 5.32 Å². The van der Waals surface area contributed by atoms with Crippen molar-refractivity contribution >= 4 is 11.9 Å². The van der Waals surface area contributed by atoms with Gasteiger partial charge in [0, 0.05) is 0 Å². The van der Waals surface area contributed by atoms with E-state index in [4.69, 9.17) is 0 Å². The third-order valence-corrected chi connectivity index (χ3v) is 3.06. The van der Waals surface area contributed by atoms with Crippen LogP contribution in [0.5, 0.6) is 0 Å². The predicted octanol–water partition coefficient (Wildman–Crippen LogP) is 2.57. The van der Waals surface area contributed by atoms with E-state index in [1.54, 1.807) is 6.92 Å². The second-order valence-corrected chi connectivity index (χ2v) is 4.75. The molecule has 0 aliphatic rings. The van der Waals surface area contributed by atoms with E-state index in [1.165, 1.54) is 6.92 Å². The summed E-state index contributed by atoms with van der Waals surface area (Å²) in [5.74, 6) is -6.46. The Kier molecular flexibility index (Phi) is 5.34. The van der Waals surface area contributed by atoms with Crippen LogP contribution in [0.1, 0.15) is 37.0 Å². The highest BCUT2D eigenvalue weighted by atomic mass is 19.2. The van der Waals surface area contributed by atoms with E-state index in [0.717, 1.165) is 13.2 Å². The van der Waals surface area contributed by atoms with Crippen molar-refractivity contribution in [3.05, 3.63) is 35.1 Å². The summed E-state index contributed by atoms with van der Waals surface area (Å²) in [4.78, 5) is 23.7. The van der Waals surface area contributed by atoms with Crippen LogP contribution in [0.15, 0.2) is 12.1 Å². The van der Waals surface area contributed by atoms with Crippen LogP contribution in [0.3, 0.4) is 0 Å². The molecule has 4 nitrogen and oxygen atoms in total. The third-order valence-electron chi connectivity index (χ3n) is 3.06. The van der Waals surface area contributed by atoms with Gasteiger partial charge in [-0.3, -0.25) is 4.79 Å². The fraction of sp³-hybridized carbons (Fsp3) is 0.429. The Morgan fingerprint density at radius 2 is 1.86 bits per heavy atom. The van der Waals surface area contributed by atoms with Crippen LogP contribution >= 0.6 is 0 Å². The average molecular weight is 303 g/mol. The molecule has 7 heteroatoms. The molecule has 1 N–H and O–H groups in total. The lowest BCUT2D eigenvalue weighted by molar-refractivity contribution is -0.147. The average Bonchev–Trinajstić information content (AvgIpc) is 2.43. The fourth-order valence-corrected chi connectivity index (χ4v) is 1.96. The Bertz CT molecular complexity index is 563. The molecule has 1 rings (SSSR count). The summed E-state index contributed by atoms with van der Waals surface area (Å²) < 4.78 is 44.1. The van der Waals surface area contributed by atoms with Gasteiger partial charge in [0.1, 0.15) is 5.54 Å². The number of rotatable bonds is 5. The molecule has 0 aliphatic carbocycles. The number of hydrogen-bond acceptors (Lipinski definition) is 3. The molecule has 1 aromatic rings. The van der Waals surface area contributed by atoms with Gasteiger partial charge in [-0.2, -0.15) is 0 Å². The molecule has 0 aliphatic heterocycles. The minimum absolute atomic E-state index is 0.247. The summed E-state index contributed by atoms with van der Waals surface area (Å²) in [6.45, 7) is 3.20. The molecule has 0 bridgehead atoms. The summed E-state index contributed by atoms with van der Waals surface area (Å²) in [6.07, 6.45) is 0.794. The molecular weight excluding hydrogens is 287 g/mol. The van der Waals surface area contributed by atoms with Crippen molar-refractivity contribution in [2.24, 2.45) is 0 Å². The lowest BCUT2D eigenvalue weighted by Crippen LogP contribution is -2.52. The number of amides is 1. The lowest BCUT2D eigenvalue weighted by Gasteiger charge is -2.27. The Morgan fingerprint density at radius 1 is 1.24 bits per heavy atom. The topological polar surface area (TPSA) is 55.4 Å². The second-order valence-electron chi connectivity index (χ2n) is 4.75. The monoisotopic (exact) mass is 303 g/mol. The van der Waals surface area contributed by atoms with Gasteiger partial charge in [0.05, 0.1) is 12.7 Å². The third kappa shape index (κ3) is 3.53. The first-order valence-electron chi connectivity index (χ1n) is 6.31. The van der Waals surface area contributed by atoms with Crippen LogP contribution in [-0.2, 0) is 9.53 Å². The molecule has 1 aromatic carbocycles. The Hall–Kier alpha value is -2.05. The molecule has 0 spiro atoms. The number of carbonyl (C=O) groups excluding carboxylic acids is 2. The normalized spacial score (nSPS) is 13.4. The smallest absolute Gasteiger partial charge is 0.331 e. The van der Waals surface area contributed by atoms with Gasteiger partial charge in [0.25, 0.3) is 5.91 Å². The molecule has 116 valence electrons. The van der Waals surface area contributed by atoms with Crippen LogP contribution in [0, 0.1) is 17.5 Å². The van der Waals surface area contributed by atoms with E-state index in [0.29, 0.717) is 12.5 Å². The summed E-state index contributed by atoms with van der Waals surface area (Å²) in [5, 5.41) is 2.31. The number of halogens is 3. The van der Waals surface area contributed by atoms with Gasteiger partial charge in [-0.05, 0) is 25.5 Å². The first kappa shape index (κ1) is 17.0. The first-order valence-corrected chi connectivity index (χ1v) is 6.31. The van der Waals surface area contributed by atoms with E-state index in [9.17, 15) is 22.8 Å². The van der Waals surface area contributed by atoms with Crippen molar-refractivity contribution in [3.8, 4) is 0 Å². The maximum Gasteiger partial charge on any atom is 0.331 e. The van der Waals surface area contributed by atoms with Crippen molar-refractivity contribution in [3.63, 3.8) is 0 Å². The number of nitrogens with one attached hydrogen (secondary N) is 1. The standard InChI is InChI=1S/C14H16F3NO3/c1-4-7-14(2,13(20)21-3)18-12(19)8-5-6-9(15)11(17)10(8)16/h5-6H,4,7H2,1-3H3,(H,18,19). The number of carbonyl (C=O) groups is 2. The van der Waals surface area contributed by atoms with Crippen LogP contribution in [0.4, 0.5) is 13.2 Å². The van der Waals surface area contributed by atoms with Gasteiger partial charge in [0.2, 0.25) is 0 Å². The van der Waals surface area contributed by atoms with Gasteiger partial charge in [-0.1, -0.05) is 13.3 Å². The highest BCUT2D eigenvalue weighted by molar-refractivity contribution is 5.98. The van der Waals surface area contributed by atoms with Gasteiger partial charge in [0.15, 0.2) is 17.5 Å². The number of ether oxygens (including phenoxy) is 1. The van der Waals surface area contributed by atoms with Gasteiger partial charge in [-0.25, -0.2) is 18.0 Å². The molecule has 1 unspecified atom stereocenters. The minimum Gasteiger partial charge on any atom is -0.467 e. The molecule has 21 heavy (non-hydrogen) atoms. The SMILES string of the molecule is CCCC(C)(NC(=O)c1ccc(F)c(F)c1F)C(=O)OC. The van der Waals surface area contributed by atoms with Crippen molar-refractivity contribution < 1.29 is 27.5 Å². The molecule has 1 amide bonds. The maximum absolute atomic E-state index is 13.6. The lowest BCUT2D eigenvalue weighted by atomic mass is 9.95. The van der Waals surface area contributed by atoms with Gasteiger partial charge < -0.3 is 10.1 Å². The van der Waals surface area contributed by atoms with Crippen LogP contribution in [0.2, 0.25) is 0 Å². The largest absolute Gasteiger partial charge is 0.467 e. The van der Waals surface area contributed by atoms with Gasteiger partial charge >= 0.3 is 5.97 Å². The minimum atomic E-state index is -1.74. The quantitative estimate of drug-likeness (QED) is 0.672. The summed E-state index contributed by atoms with van der Waals surface area (Å²) in [7, 11) is 1.15.